The SMILES string of the molecule is CC(=COC[C@H]1O[C@H](O[C@]2(CO)O[C@H](CO)[C@@H](O)[C@@H]2O)[C@H](O)[C@@H](O)[C@@H]1O)C(=O)OCCN(C)C. The molecule has 2 saturated heterocycles. The van der Waals surface area contributed by atoms with Crippen LogP contribution in [0.4, 0.5) is 0 Å². The number of aliphatic hydroxyl groups is 7. The molecule has 0 aromatic heterocycles. The molecule has 2 aliphatic heterocycles. The van der Waals surface area contributed by atoms with Crippen LogP contribution in [0.25, 0.3) is 0 Å². The molecule has 2 fully saturated rings. The Morgan fingerprint density at radius 3 is 2.26 bits per heavy atom. The molecule has 7 N–H and O–H groups in total. The van der Waals surface area contributed by atoms with Gasteiger partial charge in [0.1, 0.15) is 62.5 Å². The summed E-state index contributed by atoms with van der Waals surface area (Å²) in [5.41, 5.74) is 0.128. The largest absolute Gasteiger partial charge is 0.498 e. The summed E-state index contributed by atoms with van der Waals surface area (Å²) >= 11 is 0. The van der Waals surface area contributed by atoms with Crippen molar-refractivity contribution in [2.24, 2.45) is 0 Å². The van der Waals surface area contributed by atoms with Crippen molar-refractivity contribution in [2.75, 3.05) is 47.1 Å². The van der Waals surface area contributed by atoms with E-state index in [2.05, 4.69) is 0 Å². The molecular weight excluding hydrogens is 462 g/mol. The van der Waals surface area contributed by atoms with Gasteiger partial charge in [0.05, 0.1) is 18.4 Å². The molecule has 2 heterocycles. The summed E-state index contributed by atoms with van der Waals surface area (Å²) in [6.07, 6.45) is -11.9. The van der Waals surface area contributed by atoms with E-state index in [-0.39, 0.29) is 18.8 Å². The summed E-state index contributed by atoms with van der Waals surface area (Å²) in [6, 6.07) is 0. The highest BCUT2D eigenvalue weighted by atomic mass is 16.8. The van der Waals surface area contributed by atoms with E-state index in [4.69, 9.17) is 23.7 Å². The van der Waals surface area contributed by atoms with Crippen molar-refractivity contribution in [2.45, 2.75) is 61.7 Å². The lowest BCUT2D eigenvalue weighted by Crippen LogP contribution is -2.62. The standard InChI is InChI=1S/C20H35NO13/c1-10(18(29)31-5-4-21(2)3)7-30-8-12-13(24)15(26)16(27)19(32-12)34-20(9-23)17(28)14(25)11(6-22)33-20/h7,11-17,19,22-28H,4-6,8-9H2,1-3H3/t11-,12-,13-,14-,15+,16-,17+,19-,20+/m1/s1. The van der Waals surface area contributed by atoms with E-state index >= 15 is 0 Å². The molecule has 34 heavy (non-hydrogen) atoms. The zero-order valence-corrected chi connectivity index (χ0v) is 19.3. The molecule has 2 aliphatic rings. The number of rotatable bonds is 11. The lowest BCUT2D eigenvalue weighted by molar-refractivity contribution is -0.383. The molecule has 0 aromatic carbocycles. The third-order valence-corrected chi connectivity index (χ3v) is 5.50. The fourth-order valence-corrected chi connectivity index (χ4v) is 3.37. The molecule has 0 aliphatic carbocycles. The summed E-state index contributed by atoms with van der Waals surface area (Å²) in [7, 11) is 3.65. The number of nitrogens with zero attached hydrogens (tertiary/aromatic N) is 1. The second-order valence-corrected chi connectivity index (χ2v) is 8.45. The average molecular weight is 497 g/mol. The highest BCUT2D eigenvalue weighted by molar-refractivity contribution is 5.87. The van der Waals surface area contributed by atoms with E-state index in [1.165, 1.54) is 6.92 Å². The number of hydrogen-bond acceptors (Lipinski definition) is 14. The predicted molar refractivity (Wildman–Crippen MR) is 111 cm³/mol. The van der Waals surface area contributed by atoms with Gasteiger partial charge in [-0.25, -0.2) is 4.79 Å². The average Bonchev–Trinajstić information content (AvgIpc) is 3.04. The minimum Gasteiger partial charge on any atom is -0.498 e. The molecular formula is C20H35NO13. The van der Waals surface area contributed by atoms with Crippen LogP contribution >= 0.6 is 0 Å². The van der Waals surface area contributed by atoms with Crippen LogP contribution in [-0.4, -0.2) is 148 Å². The third kappa shape index (κ3) is 6.61. The van der Waals surface area contributed by atoms with Crippen LogP contribution in [-0.2, 0) is 28.5 Å². The summed E-state index contributed by atoms with van der Waals surface area (Å²) in [5.74, 6) is -2.89. The Balaban J connectivity index is 2.01. The van der Waals surface area contributed by atoms with E-state index in [1.54, 1.807) is 0 Å². The lowest BCUT2D eigenvalue weighted by Gasteiger charge is -2.43. The molecule has 2 rings (SSSR count). The van der Waals surface area contributed by atoms with Crippen LogP contribution < -0.4 is 0 Å². The zero-order chi connectivity index (χ0) is 25.6. The number of carbonyl (C=O) groups is 1. The molecule has 0 amide bonds. The number of ether oxygens (including phenoxy) is 5. The van der Waals surface area contributed by atoms with Gasteiger partial charge in [-0.3, -0.25) is 0 Å². The van der Waals surface area contributed by atoms with Crippen LogP contribution in [0, 0.1) is 0 Å². The topological polar surface area (TPSA) is 208 Å². The summed E-state index contributed by atoms with van der Waals surface area (Å²) in [6.45, 7) is 0.0900. The van der Waals surface area contributed by atoms with E-state index in [0.29, 0.717) is 6.54 Å². The van der Waals surface area contributed by atoms with Crippen LogP contribution in [0.2, 0.25) is 0 Å². The fraction of sp³-hybridized carbons (Fsp3) is 0.850. The van der Waals surface area contributed by atoms with E-state index in [9.17, 15) is 40.5 Å². The van der Waals surface area contributed by atoms with Crippen LogP contribution in [0.1, 0.15) is 6.92 Å². The van der Waals surface area contributed by atoms with Gasteiger partial charge in [0.15, 0.2) is 6.29 Å². The highest BCUT2D eigenvalue weighted by Crippen LogP contribution is 2.36. The molecule has 0 unspecified atom stereocenters. The van der Waals surface area contributed by atoms with Gasteiger partial charge in [-0.2, -0.15) is 0 Å². The lowest BCUT2D eigenvalue weighted by atomic mass is 9.99. The van der Waals surface area contributed by atoms with Crippen LogP contribution in [0.15, 0.2) is 11.8 Å². The molecule has 0 bridgehead atoms. The molecule has 0 aromatic rings. The van der Waals surface area contributed by atoms with Gasteiger partial charge >= 0.3 is 5.97 Å². The number of hydrogen-bond donors (Lipinski definition) is 7. The first-order chi connectivity index (χ1) is 16.0. The van der Waals surface area contributed by atoms with Gasteiger partial charge in [-0.1, -0.05) is 0 Å². The van der Waals surface area contributed by atoms with Gasteiger partial charge in [-0.05, 0) is 21.0 Å². The van der Waals surface area contributed by atoms with Crippen molar-refractivity contribution >= 4 is 5.97 Å². The van der Waals surface area contributed by atoms with Crippen molar-refractivity contribution in [3.8, 4) is 0 Å². The van der Waals surface area contributed by atoms with Crippen molar-refractivity contribution in [3.63, 3.8) is 0 Å². The number of esters is 1. The second kappa shape index (κ2) is 12.5. The fourth-order valence-electron chi connectivity index (χ4n) is 3.37. The van der Waals surface area contributed by atoms with Crippen molar-refractivity contribution < 1.29 is 64.2 Å². The van der Waals surface area contributed by atoms with Gasteiger partial charge in [-0.15, -0.1) is 0 Å². The Bertz CT molecular complexity index is 691. The van der Waals surface area contributed by atoms with E-state index in [1.807, 2.05) is 19.0 Å². The Kier molecular flexibility index (Phi) is 10.6. The van der Waals surface area contributed by atoms with Gasteiger partial charge in [0.25, 0.3) is 0 Å². The zero-order valence-electron chi connectivity index (χ0n) is 19.3. The highest BCUT2D eigenvalue weighted by Gasteiger charge is 2.58. The van der Waals surface area contributed by atoms with Crippen molar-refractivity contribution in [1.29, 1.82) is 0 Å². The van der Waals surface area contributed by atoms with Gasteiger partial charge < -0.3 is 64.3 Å². The second-order valence-electron chi connectivity index (χ2n) is 8.45. The summed E-state index contributed by atoms with van der Waals surface area (Å²) in [5, 5.41) is 69.9. The number of carbonyl (C=O) groups excluding carboxylic acids is 1. The minimum absolute atomic E-state index is 0.128. The van der Waals surface area contributed by atoms with Crippen LogP contribution in [0.5, 0.6) is 0 Å². The Morgan fingerprint density at radius 1 is 1.03 bits per heavy atom. The summed E-state index contributed by atoms with van der Waals surface area (Å²) < 4.78 is 26.4. The maximum Gasteiger partial charge on any atom is 0.336 e. The predicted octanol–water partition coefficient (Wildman–Crippen LogP) is -4.36. The number of aliphatic hydroxyl groups excluding tert-OH is 7. The molecule has 0 saturated carbocycles. The minimum atomic E-state index is -2.28. The quantitative estimate of drug-likeness (QED) is 0.0818. The van der Waals surface area contributed by atoms with Crippen molar-refractivity contribution in [1.82, 2.24) is 4.90 Å². The first kappa shape index (κ1) is 28.8. The first-order valence-electron chi connectivity index (χ1n) is 10.7. The molecule has 14 heteroatoms. The Labute approximate surface area is 196 Å². The molecule has 0 radical (unpaired) electrons. The maximum atomic E-state index is 11.9. The number of likely N-dealkylation sites (N-methyl/N-ethyl adjacent to an activating group) is 1. The molecule has 0 spiro atoms. The molecule has 9 atom stereocenters. The maximum absolute atomic E-state index is 11.9. The smallest absolute Gasteiger partial charge is 0.336 e. The molecule has 198 valence electrons. The molecule has 14 nitrogen and oxygen atoms in total. The van der Waals surface area contributed by atoms with Gasteiger partial charge in [0.2, 0.25) is 5.79 Å². The third-order valence-electron chi connectivity index (χ3n) is 5.50. The Morgan fingerprint density at radius 2 is 1.71 bits per heavy atom. The normalized spacial score (nSPS) is 38.9. The van der Waals surface area contributed by atoms with E-state index in [0.717, 1.165) is 6.26 Å². The first-order valence-corrected chi connectivity index (χ1v) is 10.7. The van der Waals surface area contributed by atoms with Crippen molar-refractivity contribution in [3.05, 3.63) is 11.8 Å². The van der Waals surface area contributed by atoms with Crippen LogP contribution in [0.3, 0.4) is 0 Å². The Hall–Kier alpha value is -1.43. The monoisotopic (exact) mass is 497 g/mol. The van der Waals surface area contributed by atoms with Gasteiger partial charge in [0, 0.05) is 6.54 Å². The summed E-state index contributed by atoms with van der Waals surface area (Å²) in [4.78, 5) is 13.8. The van der Waals surface area contributed by atoms with E-state index < -0.39 is 74.0 Å².